The molecule has 0 saturated heterocycles. The summed E-state index contributed by atoms with van der Waals surface area (Å²) in [4.78, 5) is 7.69. The molecule has 2 rings (SSSR count). The van der Waals surface area contributed by atoms with Crippen LogP contribution in [0.2, 0.25) is 0 Å². The third-order valence-electron chi connectivity index (χ3n) is 3.07. The minimum absolute atomic E-state index is 0.0702. The summed E-state index contributed by atoms with van der Waals surface area (Å²) in [6, 6.07) is 0. The first-order valence-electron chi connectivity index (χ1n) is 7.12. The second-order valence-electron chi connectivity index (χ2n) is 6.02. The molecule has 0 aliphatic rings. The first-order valence-corrected chi connectivity index (χ1v) is 7.12. The van der Waals surface area contributed by atoms with E-state index in [-0.39, 0.29) is 17.2 Å². The zero-order chi connectivity index (χ0) is 17.3. The van der Waals surface area contributed by atoms with Crippen molar-refractivity contribution in [2.45, 2.75) is 39.3 Å². The van der Waals surface area contributed by atoms with E-state index in [2.05, 4.69) is 30.8 Å². The Bertz CT molecular complexity index is 672. The van der Waals surface area contributed by atoms with Crippen LogP contribution < -0.4 is 10.6 Å². The Balaban J connectivity index is 2.35. The van der Waals surface area contributed by atoms with E-state index in [9.17, 15) is 13.2 Å². The van der Waals surface area contributed by atoms with Gasteiger partial charge in [0.25, 0.3) is 0 Å². The van der Waals surface area contributed by atoms with E-state index >= 15 is 0 Å². The van der Waals surface area contributed by atoms with Gasteiger partial charge in [0.1, 0.15) is 11.4 Å². The summed E-state index contributed by atoms with van der Waals surface area (Å²) in [6.45, 7) is 7.98. The quantitative estimate of drug-likeness (QED) is 0.798. The Hall–Kier alpha value is -2.32. The number of nitrogens with zero attached hydrogens (tertiary/aromatic N) is 3. The number of alkyl halides is 3. The molecule has 0 fully saturated rings. The van der Waals surface area contributed by atoms with Gasteiger partial charge in [-0.1, -0.05) is 20.8 Å². The van der Waals surface area contributed by atoms with E-state index in [4.69, 9.17) is 0 Å². The van der Waals surface area contributed by atoms with Crippen LogP contribution in [0, 0.1) is 0 Å². The lowest BCUT2D eigenvalue weighted by Gasteiger charge is -2.19. The fraction of sp³-hybridized carbons (Fsp3) is 0.500. The third kappa shape index (κ3) is 3.91. The molecule has 0 amide bonds. The Morgan fingerprint density at radius 1 is 1.17 bits per heavy atom. The zero-order valence-electron chi connectivity index (χ0n) is 13.3. The van der Waals surface area contributed by atoms with Gasteiger partial charge in [0, 0.05) is 18.2 Å². The lowest BCUT2D eigenvalue weighted by Crippen LogP contribution is -2.16. The van der Waals surface area contributed by atoms with Crippen LogP contribution >= 0.6 is 0 Å². The van der Waals surface area contributed by atoms with Crippen molar-refractivity contribution in [1.82, 2.24) is 20.2 Å². The summed E-state index contributed by atoms with van der Waals surface area (Å²) >= 11 is 0. The van der Waals surface area contributed by atoms with E-state index in [1.807, 2.05) is 20.8 Å². The number of H-pyrrole nitrogens is 1. The van der Waals surface area contributed by atoms with Crippen molar-refractivity contribution in [2.75, 3.05) is 17.2 Å². The Morgan fingerprint density at radius 2 is 1.87 bits per heavy atom. The van der Waals surface area contributed by atoms with Crippen LogP contribution in [0.5, 0.6) is 0 Å². The predicted molar refractivity (Wildman–Crippen MR) is 81.8 cm³/mol. The van der Waals surface area contributed by atoms with Gasteiger partial charge < -0.3 is 10.6 Å². The maximum absolute atomic E-state index is 12.9. The van der Waals surface area contributed by atoms with E-state index in [0.717, 1.165) is 11.9 Å². The predicted octanol–water partition coefficient (Wildman–Crippen LogP) is 3.69. The molecular formula is C14H19F3N6. The third-order valence-corrected chi connectivity index (χ3v) is 3.07. The lowest BCUT2D eigenvalue weighted by atomic mass is 9.91. The van der Waals surface area contributed by atoms with Crippen molar-refractivity contribution in [1.29, 1.82) is 0 Å². The van der Waals surface area contributed by atoms with Gasteiger partial charge >= 0.3 is 6.18 Å². The van der Waals surface area contributed by atoms with Crippen LogP contribution in [0.4, 0.5) is 30.6 Å². The number of anilines is 3. The number of hydrogen-bond donors (Lipinski definition) is 3. The molecule has 9 heteroatoms. The Morgan fingerprint density at radius 3 is 2.43 bits per heavy atom. The topological polar surface area (TPSA) is 78.5 Å². The van der Waals surface area contributed by atoms with Crippen molar-refractivity contribution in [2.24, 2.45) is 0 Å². The second kappa shape index (κ2) is 6.05. The minimum atomic E-state index is -4.51. The molecule has 23 heavy (non-hydrogen) atoms. The molecule has 2 heterocycles. The molecule has 0 aliphatic heterocycles. The molecule has 0 bridgehead atoms. The van der Waals surface area contributed by atoms with Crippen LogP contribution in [0.15, 0.2) is 12.4 Å². The van der Waals surface area contributed by atoms with E-state index in [1.54, 1.807) is 13.1 Å². The summed E-state index contributed by atoms with van der Waals surface area (Å²) < 4.78 is 38.8. The van der Waals surface area contributed by atoms with Crippen LogP contribution in [0.25, 0.3) is 0 Å². The molecule has 0 aliphatic carbocycles. The highest BCUT2D eigenvalue weighted by Gasteiger charge is 2.35. The molecule has 0 saturated carbocycles. The van der Waals surface area contributed by atoms with Crippen LogP contribution in [-0.2, 0) is 11.6 Å². The summed E-state index contributed by atoms with van der Waals surface area (Å²) in [5.74, 6) is -0.181. The molecular weight excluding hydrogens is 309 g/mol. The maximum atomic E-state index is 12.9. The number of hydrogen-bond acceptors (Lipinski definition) is 5. The first kappa shape index (κ1) is 17.0. The van der Waals surface area contributed by atoms with Crippen molar-refractivity contribution in [3.63, 3.8) is 0 Å². The first-order chi connectivity index (χ1) is 10.6. The average Bonchev–Trinajstić information content (AvgIpc) is 2.86. The molecule has 6 nitrogen and oxygen atoms in total. The molecule has 3 N–H and O–H groups in total. The zero-order valence-corrected chi connectivity index (χ0v) is 13.3. The monoisotopic (exact) mass is 328 g/mol. The molecule has 0 atom stereocenters. The van der Waals surface area contributed by atoms with Gasteiger partial charge in [-0.05, 0) is 6.92 Å². The van der Waals surface area contributed by atoms with Crippen molar-refractivity contribution >= 4 is 17.5 Å². The number of halogens is 3. The highest BCUT2D eigenvalue weighted by Crippen LogP contribution is 2.34. The molecule has 2 aromatic rings. The van der Waals surface area contributed by atoms with Crippen molar-refractivity contribution < 1.29 is 13.2 Å². The van der Waals surface area contributed by atoms with Gasteiger partial charge in [0.05, 0.1) is 17.6 Å². The number of aromatic amines is 1. The number of rotatable bonds is 4. The van der Waals surface area contributed by atoms with Gasteiger partial charge in [0.2, 0.25) is 5.95 Å². The Kier molecular flexibility index (Phi) is 4.49. The molecule has 0 aromatic carbocycles. The number of nitrogens with one attached hydrogen (secondary N) is 3. The van der Waals surface area contributed by atoms with Crippen molar-refractivity contribution in [3.05, 3.63) is 23.7 Å². The van der Waals surface area contributed by atoms with Crippen LogP contribution in [0.3, 0.4) is 0 Å². The highest BCUT2D eigenvalue weighted by molar-refractivity contribution is 5.59. The van der Waals surface area contributed by atoms with Crippen molar-refractivity contribution in [3.8, 4) is 0 Å². The minimum Gasteiger partial charge on any atom is -0.370 e. The molecule has 0 radical (unpaired) electrons. The van der Waals surface area contributed by atoms with Gasteiger partial charge in [-0.25, -0.2) is 4.98 Å². The molecule has 2 aromatic heterocycles. The fourth-order valence-corrected chi connectivity index (χ4v) is 2.02. The maximum Gasteiger partial charge on any atom is 0.421 e. The van der Waals surface area contributed by atoms with Gasteiger partial charge in [-0.15, -0.1) is 0 Å². The SMILES string of the molecule is CCNc1nc(Nc2cn[nH]c2C(C)(C)C)ncc1C(F)(F)F. The summed E-state index contributed by atoms with van der Waals surface area (Å²) in [7, 11) is 0. The standard InChI is InChI=1S/C14H19F3N6/c1-5-18-11-8(14(15,16)17)6-19-12(22-11)21-9-7-20-23-10(9)13(2,3)4/h6-7H,5H2,1-4H3,(H,20,23)(H2,18,19,21,22). The lowest BCUT2D eigenvalue weighted by molar-refractivity contribution is -0.137. The largest absolute Gasteiger partial charge is 0.421 e. The second-order valence-corrected chi connectivity index (χ2v) is 6.02. The smallest absolute Gasteiger partial charge is 0.370 e. The van der Waals surface area contributed by atoms with Gasteiger partial charge in [-0.3, -0.25) is 5.10 Å². The molecule has 0 unspecified atom stereocenters. The summed E-state index contributed by atoms with van der Waals surface area (Å²) in [5.41, 5.74) is 0.328. The molecule has 126 valence electrons. The normalized spacial score (nSPS) is 12.3. The van der Waals surface area contributed by atoms with Gasteiger partial charge in [-0.2, -0.15) is 23.3 Å². The van der Waals surface area contributed by atoms with E-state index in [0.29, 0.717) is 12.2 Å². The van der Waals surface area contributed by atoms with Gasteiger partial charge in [0.15, 0.2) is 0 Å². The van der Waals surface area contributed by atoms with Crippen LogP contribution in [-0.4, -0.2) is 26.7 Å². The highest BCUT2D eigenvalue weighted by atomic mass is 19.4. The number of aromatic nitrogens is 4. The van der Waals surface area contributed by atoms with Crippen LogP contribution in [0.1, 0.15) is 39.0 Å². The van der Waals surface area contributed by atoms with E-state index in [1.165, 1.54) is 0 Å². The Labute approximate surface area is 131 Å². The fourth-order valence-electron chi connectivity index (χ4n) is 2.02. The molecule has 0 spiro atoms. The average molecular weight is 328 g/mol. The van der Waals surface area contributed by atoms with E-state index < -0.39 is 11.7 Å². The summed E-state index contributed by atoms with van der Waals surface area (Å²) in [5, 5.41) is 12.4. The summed E-state index contributed by atoms with van der Waals surface area (Å²) in [6.07, 6.45) is -2.19.